The van der Waals surface area contributed by atoms with Gasteiger partial charge in [-0.05, 0) is 63.4 Å². The quantitative estimate of drug-likeness (QED) is 0.842. The van der Waals surface area contributed by atoms with Gasteiger partial charge in [0.1, 0.15) is 0 Å². The van der Waals surface area contributed by atoms with E-state index in [9.17, 15) is 4.79 Å². The van der Waals surface area contributed by atoms with Gasteiger partial charge < -0.3 is 11.1 Å². The average molecular weight is 310 g/mol. The Bertz CT molecular complexity index is 506. The van der Waals surface area contributed by atoms with E-state index in [4.69, 9.17) is 17.3 Å². The van der Waals surface area contributed by atoms with Gasteiger partial charge >= 0.3 is 0 Å². The molecule has 5 heteroatoms. The standard InChI is InChI=1S/C16H24ClN3O/c1-11-4-3-8-20(9-7-11)12(2)16(21)19-15-6-5-13(18)10-14(15)17/h5-6,10-12H,3-4,7-9,18H2,1-2H3,(H,19,21). The zero-order valence-electron chi connectivity index (χ0n) is 12.7. The first-order valence-corrected chi connectivity index (χ1v) is 7.95. The number of hydrogen-bond donors (Lipinski definition) is 2. The van der Waals surface area contributed by atoms with Crippen molar-refractivity contribution >= 4 is 28.9 Å². The van der Waals surface area contributed by atoms with Gasteiger partial charge in [-0.15, -0.1) is 0 Å². The largest absolute Gasteiger partial charge is 0.399 e. The zero-order chi connectivity index (χ0) is 15.4. The predicted octanol–water partition coefficient (Wildman–Crippen LogP) is 3.37. The van der Waals surface area contributed by atoms with Crippen molar-refractivity contribution in [2.45, 2.75) is 39.2 Å². The second-order valence-electron chi connectivity index (χ2n) is 5.98. The molecule has 4 nitrogen and oxygen atoms in total. The maximum Gasteiger partial charge on any atom is 0.241 e. The second kappa shape index (κ2) is 7.14. The summed E-state index contributed by atoms with van der Waals surface area (Å²) in [5.74, 6) is 0.730. The van der Waals surface area contributed by atoms with Crippen molar-refractivity contribution in [2.75, 3.05) is 24.1 Å². The number of anilines is 2. The lowest BCUT2D eigenvalue weighted by Crippen LogP contribution is -2.42. The van der Waals surface area contributed by atoms with E-state index in [-0.39, 0.29) is 11.9 Å². The van der Waals surface area contributed by atoms with E-state index in [0.29, 0.717) is 16.4 Å². The summed E-state index contributed by atoms with van der Waals surface area (Å²) < 4.78 is 0. The Morgan fingerprint density at radius 2 is 2.19 bits per heavy atom. The molecule has 1 aromatic carbocycles. The van der Waals surface area contributed by atoms with E-state index in [1.165, 1.54) is 6.42 Å². The van der Waals surface area contributed by atoms with Gasteiger partial charge in [-0.25, -0.2) is 0 Å². The van der Waals surface area contributed by atoms with Crippen LogP contribution in [-0.4, -0.2) is 29.9 Å². The fourth-order valence-corrected chi connectivity index (χ4v) is 2.94. The Morgan fingerprint density at radius 1 is 1.43 bits per heavy atom. The molecule has 0 aliphatic carbocycles. The maximum absolute atomic E-state index is 12.4. The molecule has 1 amide bonds. The normalized spacial score (nSPS) is 21.6. The van der Waals surface area contributed by atoms with Crippen LogP contribution in [0.3, 0.4) is 0 Å². The molecule has 2 rings (SSSR count). The van der Waals surface area contributed by atoms with Gasteiger partial charge in [0.05, 0.1) is 16.8 Å². The van der Waals surface area contributed by atoms with Crippen LogP contribution in [0, 0.1) is 5.92 Å². The number of benzene rings is 1. The Kier molecular flexibility index (Phi) is 5.48. The lowest BCUT2D eigenvalue weighted by Gasteiger charge is -2.26. The SMILES string of the molecule is CC1CCCN(C(C)C(=O)Nc2ccc(N)cc2Cl)CC1. The fourth-order valence-electron chi connectivity index (χ4n) is 2.71. The van der Waals surface area contributed by atoms with Crippen LogP contribution in [0.2, 0.25) is 5.02 Å². The van der Waals surface area contributed by atoms with Gasteiger partial charge in [-0.2, -0.15) is 0 Å². The van der Waals surface area contributed by atoms with Crippen LogP contribution < -0.4 is 11.1 Å². The molecular formula is C16H24ClN3O. The lowest BCUT2D eigenvalue weighted by atomic mass is 10.0. The predicted molar refractivity (Wildman–Crippen MR) is 88.5 cm³/mol. The van der Waals surface area contributed by atoms with Gasteiger partial charge in [0.25, 0.3) is 0 Å². The van der Waals surface area contributed by atoms with E-state index in [2.05, 4.69) is 17.1 Å². The number of carbonyl (C=O) groups excluding carboxylic acids is 1. The van der Waals surface area contributed by atoms with Gasteiger partial charge in [0.2, 0.25) is 5.91 Å². The molecule has 0 bridgehead atoms. The van der Waals surface area contributed by atoms with E-state index >= 15 is 0 Å². The van der Waals surface area contributed by atoms with E-state index in [0.717, 1.165) is 31.8 Å². The third-order valence-corrected chi connectivity index (χ3v) is 4.54. The zero-order valence-corrected chi connectivity index (χ0v) is 13.5. The highest BCUT2D eigenvalue weighted by Gasteiger charge is 2.24. The summed E-state index contributed by atoms with van der Waals surface area (Å²) in [4.78, 5) is 14.7. The third kappa shape index (κ3) is 4.35. The van der Waals surface area contributed by atoms with Crippen molar-refractivity contribution < 1.29 is 4.79 Å². The second-order valence-corrected chi connectivity index (χ2v) is 6.38. The molecule has 21 heavy (non-hydrogen) atoms. The third-order valence-electron chi connectivity index (χ3n) is 4.23. The number of nitrogens with one attached hydrogen (secondary N) is 1. The molecule has 0 radical (unpaired) electrons. The molecule has 1 fully saturated rings. The Hall–Kier alpha value is -1.26. The van der Waals surface area contributed by atoms with Gasteiger partial charge in [-0.3, -0.25) is 9.69 Å². The first kappa shape index (κ1) is 16.1. The number of likely N-dealkylation sites (tertiary alicyclic amines) is 1. The Morgan fingerprint density at radius 3 is 2.90 bits per heavy atom. The number of nitrogens with zero attached hydrogens (tertiary/aromatic N) is 1. The smallest absolute Gasteiger partial charge is 0.241 e. The van der Waals surface area contributed by atoms with Crippen LogP contribution in [0.4, 0.5) is 11.4 Å². The van der Waals surface area contributed by atoms with E-state index in [1.807, 2.05) is 6.92 Å². The number of nitrogens with two attached hydrogens (primary N) is 1. The van der Waals surface area contributed by atoms with Crippen LogP contribution in [0.15, 0.2) is 18.2 Å². The van der Waals surface area contributed by atoms with Crippen LogP contribution >= 0.6 is 11.6 Å². The summed E-state index contributed by atoms with van der Waals surface area (Å²) in [5, 5.41) is 3.37. The molecule has 0 saturated carbocycles. The van der Waals surface area contributed by atoms with E-state index < -0.39 is 0 Å². The summed E-state index contributed by atoms with van der Waals surface area (Å²) in [5.41, 5.74) is 6.87. The van der Waals surface area contributed by atoms with Crippen molar-refractivity contribution in [3.05, 3.63) is 23.2 Å². The minimum Gasteiger partial charge on any atom is -0.399 e. The van der Waals surface area contributed by atoms with Gasteiger partial charge in [0, 0.05) is 5.69 Å². The van der Waals surface area contributed by atoms with Crippen molar-refractivity contribution in [3.63, 3.8) is 0 Å². The van der Waals surface area contributed by atoms with Crippen molar-refractivity contribution in [2.24, 2.45) is 5.92 Å². The topological polar surface area (TPSA) is 58.4 Å². The number of halogens is 1. The van der Waals surface area contributed by atoms with Crippen LogP contribution in [0.25, 0.3) is 0 Å². The highest BCUT2D eigenvalue weighted by molar-refractivity contribution is 6.34. The molecule has 1 aromatic rings. The molecule has 116 valence electrons. The Labute approximate surface area is 131 Å². The highest BCUT2D eigenvalue weighted by Crippen LogP contribution is 2.25. The molecule has 2 unspecified atom stereocenters. The average Bonchev–Trinajstić information content (AvgIpc) is 2.66. The fraction of sp³-hybridized carbons (Fsp3) is 0.562. The number of nitrogen functional groups attached to an aromatic ring is 1. The molecule has 1 heterocycles. The summed E-state index contributed by atoms with van der Waals surface area (Å²) in [7, 11) is 0. The Balaban J connectivity index is 1.98. The summed E-state index contributed by atoms with van der Waals surface area (Å²) in [6.07, 6.45) is 3.55. The molecule has 1 aliphatic heterocycles. The first-order valence-electron chi connectivity index (χ1n) is 7.57. The molecule has 0 aromatic heterocycles. The molecule has 2 atom stereocenters. The van der Waals surface area contributed by atoms with Gasteiger partial charge in [0.15, 0.2) is 0 Å². The lowest BCUT2D eigenvalue weighted by molar-refractivity contribution is -0.120. The number of carbonyl (C=O) groups is 1. The molecule has 3 N–H and O–H groups in total. The molecule has 1 saturated heterocycles. The van der Waals surface area contributed by atoms with Crippen LogP contribution in [-0.2, 0) is 4.79 Å². The summed E-state index contributed by atoms with van der Waals surface area (Å²) in [6, 6.07) is 4.98. The van der Waals surface area contributed by atoms with Crippen molar-refractivity contribution in [3.8, 4) is 0 Å². The van der Waals surface area contributed by atoms with Crippen molar-refractivity contribution in [1.29, 1.82) is 0 Å². The van der Waals surface area contributed by atoms with Crippen LogP contribution in [0.1, 0.15) is 33.1 Å². The highest BCUT2D eigenvalue weighted by atomic mass is 35.5. The van der Waals surface area contributed by atoms with E-state index in [1.54, 1.807) is 18.2 Å². The summed E-state index contributed by atoms with van der Waals surface area (Å²) in [6.45, 7) is 6.19. The molecule has 0 spiro atoms. The van der Waals surface area contributed by atoms with Crippen molar-refractivity contribution in [1.82, 2.24) is 4.90 Å². The maximum atomic E-state index is 12.4. The molecule has 1 aliphatic rings. The number of hydrogen-bond acceptors (Lipinski definition) is 3. The van der Waals surface area contributed by atoms with Gasteiger partial charge in [-0.1, -0.05) is 18.5 Å². The monoisotopic (exact) mass is 309 g/mol. The molecular weight excluding hydrogens is 286 g/mol. The minimum absolute atomic E-state index is 0.0174. The first-order chi connectivity index (χ1) is 9.97. The number of amides is 1. The number of rotatable bonds is 3. The van der Waals surface area contributed by atoms with Crippen LogP contribution in [0.5, 0.6) is 0 Å². The summed E-state index contributed by atoms with van der Waals surface area (Å²) >= 11 is 6.10. The minimum atomic E-state index is -0.149.